The van der Waals surface area contributed by atoms with Crippen LogP contribution in [-0.4, -0.2) is 74.7 Å². The highest BCUT2D eigenvalue weighted by Crippen LogP contribution is 2.29. The van der Waals surface area contributed by atoms with Crippen molar-refractivity contribution in [2.75, 3.05) is 44.8 Å². The molecule has 1 aliphatic rings. The molecule has 0 spiro atoms. The first-order valence-electron chi connectivity index (χ1n) is 11.3. The van der Waals surface area contributed by atoms with Gasteiger partial charge in [0.25, 0.3) is 5.69 Å². The number of anilines is 1. The lowest BCUT2D eigenvalue weighted by molar-refractivity contribution is -0.384. The Morgan fingerprint density at radius 2 is 1.88 bits per heavy atom. The third-order valence-corrected chi connectivity index (χ3v) is 8.22. The van der Waals surface area contributed by atoms with Crippen molar-refractivity contribution in [2.45, 2.75) is 41.1 Å². The summed E-state index contributed by atoms with van der Waals surface area (Å²) in [7, 11) is 0.208. The van der Waals surface area contributed by atoms with Crippen LogP contribution in [-0.2, 0) is 10.0 Å². The Hall–Kier alpha value is -2.18. The van der Waals surface area contributed by atoms with E-state index >= 15 is 0 Å². The Labute approximate surface area is 205 Å². The van der Waals surface area contributed by atoms with Crippen LogP contribution in [0, 0.1) is 10.1 Å². The lowest BCUT2D eigenvalue weighted by atomic mass is 10.0. The van der Waals surface area contributed by atoms with Crippen molar-refractivity contribution in [3.05, 3.63) is 58.6 Å². The van der Waals surface area contributed by atoms with Gasteiger partial charge in [0.15, 0.2) is 0 Å². The Bertz CT molecular complexity index is 1060. The molecule has 0 radical (unpaired) electrons. The zero-order valence-corrected chi connectivity index (χ0v) is 21.2. The van der Waals surface area contributed by atoms with Crippen LogP contribution in [0.4, 0.5) is 11.4 Å². The Morgan fingerprint density at radius 1 is 1.21 bits per heavy atom. The van der Waals surface area contributed by atoms with Gasteiger partial charge >= 0.3 is 0 Å². The summed E-state index contributed by atoms with van der Waals surface area (Å²) in [5.41, 5.74) is -0.00425. The maximum Gasteiger partial charge on any atom is 0.293 e. The second-order valence-electron chi connectivity index (χ2n) is 8.77. The fourth-order valence-electron chi connectivity index (χ4n) is 4.09. The van der Waals surface area contributed by atoms with Crippen molar-refractivity contribution in [2.24, 2.45) is 5.14 Å². The van der Waals surface area contributed by atoms with Gasteiger partial charge in [0.1, 0.15) is 5.69 Å². The van der Waals surface area contributed by atoms with Gasteiger partial charge in [-0.05, 0) is 70.7 Å². The highest BCUT2D eigenvalue weighted by Gasteiger charge is 2.24. The molecule has 1 fully saturated rings. The number of sulfonamides is 1. The van der Waals surface area contributed by atoms with E-state index in [1.54, 1.807) is 11.8 Å². The Balaban J connectivity index is 1.72. The Morgan fingerprint density at radius 3 is 2.47 bits per heavy atom. The average molecular weight is 508 g/mol. The van der Waals surface area contributed by atoms with E-state index in [0.717, 1.165) is 49.9 Å². The zero-order valence-electron chi connectivity index (χ0n) is 19.6. The van der Waals surface area contributed by atoms with Crippen molar-refractivity contribution in [1.82, 2.24) is 9.80 Å². The highest BCUT2D eigenvalue weighted by molar-refractivity contribution is 7.99. The molecule has 0 amide bonds. The van der Waals surface area contributed by atoms with Gasteiger partial charge in [0.05, 0.1) is 9.82 Å². The number of hydrogen-bond donors (Lipinski definition) is 2. The molecule has 34 heavy (non-hydrogen) atoms. The first-order valence-corrected chi connectivity index (χ1v) is 13.8. The third-order valence-electron chi connectivity index (χ3n) is 6.13. The van der Waals surface area contributed by atoms with Crippen LogP contribution in [0.2, 0.25) is 0 Å². The summed E-state index contributed by atoms with van der Waals surface area (Å²) in [6, 6.07) is 14.3. The van der Waals surface area contributed by atoms with Crippen molar-refractivity contribution >= 4 is 33.2 Å². The molecular formula is C23H33N5O4S2. The molecule has 1 atom stereocenters. The van der Waals surface area contributed by atoms with Crippen LogP contribution in [0.25, 0.3) is 0 Å². The standard InChI is InChI=1S/C23H33N5O4S2/c1-26(2)19-11-14-27(15-12-19)13-10-18(17-33-20-6-4-3-5-7-20)25-22-9-8-21(34(24,31)32)16-23(22)28(29)30/h3-9,16,18-19,25H,10-15,17H2,1-2H3,(H2,24,31,32). The number of nitrogens with zero attached hydrogens (tertiary/aromatic N) is 3. The van der Waals surface area contributed by atoms with Crippen molar-refractivity contribution in [1.29, 1.82) is 0 Å². The third kappa shape index (κ3) is 7.67. The summed E-state index contributed by atoms with van der Waals surface area (Å²) < 4.78 is 23.3. The van der Waals surface area contributed by atoms with Crippen LogP contribution in [0.15, 0.2) is 58.3 Å². The molecule has 2 aromatic rings. The van der Waals surface area contributed by atoms with Crippen molar-refractivity contribution in [3.63, 3.8) is 0 Å². The molecule has 186 valence electrons. The van der Waals surface area contributed by atoms with Crippen molar-refractivity contribution < 1.29 is 13.3 Å². The van der Waals surface area contributed by atoms with Gasteiger partial charge in [-0.25, -0.2) is 13.6 Å². The van der Waals surface area contributed by atoms with Gasteiger partial charge in [0, 0.05) is 35.3 Å². The van der Waals surface area contributed by atoms with E-state index in [-0.39, 0.29) is 16.6 Å². The number of nitro benzene ring substituents is 1. The number of piperidine rings is 1. The molecule has 0 aliphatic carbocycles. The van der Waals surface area contributed by atoms with E-state index in [4.69, 9.17) is 5.14 Å². The van der Waals surface area contributed by atoms with Crippen molar-refractivity contribution in [3.8, 4) is 0 Å². The number of benzene rings is 2. The SMILES string of the molecule is CN(C)C1CCN(CCC(CSc2ccccc2)Nc2ccc(S(N)(=O)=O)cc2[N+](=O)[O-])CC1. The first kappa shape index (κ1) is 26.4. The van der Waals surface area contributed by atoms with E-state index < -0.39 is 14.9 Å². The molecule has 0 bridgehead atoms. The molecule has 0 saturated carbocycles. The van der Waals surface area contributed by atoms with E-state index in [1.807, 2.05) is 30.3 Å². The maximum absolute atomic E-state index is 11.7. The lowest BCUT2D eigenvalue weighted by Gasteiger charge is -2.35. The fourth-order valence-corrected chi connectivity index (χ4v) is 5.62. The number of rotatable bonds is 11. The fraction of sp³-hybridized carbons (Fsp3) is 0.478. The smallest absolute Gasteiger partial charge is 0.293 e. The molecule has 1 unspecified atom stereocenters. The van der Waals surface area contributed by atoms with Gasteiger partial charge in [-0.1, -0.05) is 18.2 Å². The number of primary sulfonamides is 1. The summed E-state index contributed by atoms with van der Waals surface area (Å²) >= 11 is 1.69. The molecule has 3 N–H and O–H groups in total. The quantitative estimate of drug-likeness (QED) is 0.270. The van der Waals surface area contributed by atoms with Gasteiger partial charge in [-0.2, -0.15) is 0 Å². The average Bonchev–Trinajstić information content (AvgIpc) is 2.81. The topological polar surface area (TPSA) is 122 Å². The zero-order chi connectivity index (χ0) is 24.7. The predicted octanol–water partition coefficient (Wildman–Crippen LogP) is 3.23. The molecular weight excluding hydrogens is 474 g/mol. The number of nitrogens with two attached hydrogens (primary N) is 1. The number of likely N-dealkylation sites (tertiary alicyclic amines) is 1. The van der Waals surface area contributed by atoms with E-state index in [2.05, 4.69) is 29.2 Å². The second-order valence-corrected chi connectivity index (χ2v) is 11.4. The minimum absolute atomic E-state index is 0.0455. The minimum atomic E-state index is -4.03. The second kappa shape index (κ2) is 12.0. The van der Waals surface area contributed by atoms with Crippen LogP contribution < -0.4 is 10.5 Å². The summed E-state index contributed by atoms with van der Waals surface area (Å²) in [5, 5.41) is 20.1. The minimum Gasteiger partial charge on any atom is -0.376 e. The summed E-state index contributed by atoms with van der Waals surface area (Å²) in [6.07, 6.45) is 3.06. The highest BCUT2D eigenvalue weighted by atomic mass is 32.2. The predicted molar refractivity (Wildman–Crippen MR) is 137 cm³/mol. The molecule has 2 aromatic carbocycles. The summed E-state index contributed by atoms with van der Waals surface area (Å²) in [5.74, 6) is 0.715. The normalized spacial score (nSPS) is 16.5. The van der Waals surface area contributed by atoms with Gasteiger partial charge in [-0.15, -0.1) is 11.8 Å². The number of thioether (sulfide) groups is 1. The molecule has 1 saturated heterocycles. The van der Waals surface area contributed by atoms with E-state index in [1.165, 1.54) is 12.1 Å². The van der Waals surface area contributed by atoms with Gasteiger partial charge in [0.2, 0.25) is 10.0 Å². The first-order chi connectivity index (χ1) is 16.1. The molecule has 9 nitrogen and oxygen atoms in total. The van der Waals surface area contributed by atoms with Gasteiger partial charge < -0.3 is 15.1 Å². The summed E-state index contributed by atoms with van der Waals surface area (Å²) in [4.78, 5) is 16.7. The molecule has 1 heterocycles. The van der Waals surface area contributed by atoms with Crippen LogP contribution in [0.1, 0.15) is 19.3 Å². The molecule has 3 rings (SSSR count). The van der Waals surface area contributed by atoms with Gasteiger partial charge in [-0.3, -0.25) is 10.1 Å². The van der Waals surface area contributed by atoms with E-state index in [0.29, 0.717) is 17.5 Å². The number of hydrogen-bond acceptors (Lipinski definition) is 8. The van der Waals surface area contributed by atoms with Crippen LogP contribution >= 0.6 is 11.8 Å². The monoisotopic (exact) mass is 507 g/mol. The molecule has 1 aliphatic heterocycles. The molecule has 11 heteroatoms. The van der Waals surface area contributed by atoms with Crippen LogP contribution in [0.3, 0.4) is 0 Å². The molecule has 0 aromatic heterocycles. The van der Waals surface area contributed by atoms with Crippen LogP contribution in [0.5, 0.6) is 0 Å². The Kier molecular flexibility index (Phi) is 9.31. The maximum atomic E-state index is 11.7. The largest absolute Gasteiger partial charge is 0.376 e. The summed E-state index contributed by atoms with van der Waals surface area (Å²) in [6.45, 7) is 2.95. The lowest BCUT2D eigenvalue weighted by Crippen LogP contribution is -2.43. The number of nitro groups is 1. The van der Waals surface area contributed by atoms with E-state index in [9.17, 15) is 18.5 Å². The number of nitrogens with one attached hydrogen (secondary N) is 1.